The second-order valence-corrected chi connectivity index (χ2v) is 7.63. The Morgan fingerprint density at radius 2 is 1.86 bits per heavy atom. The van der Waals surface area contributed by atoms with Crippen molar-refractivity contribution in [2.24, 2.45) is 5.14 Å². The Balaban J connectivity index is 1.91. The van der Waals surface area contributed by atoms with E-state index < -0.39 is 10.0 Å². The first kappa shape index (κ1) is 17.7. The van der Waals surface area contributed by atoms with Crippen LogP contribution in [0, 0.1) is 11.3 Å². The fourth-order valence-corrected chi connectivity index (χ4v) is 3.39. The van der Waals surface area contributed by atoms with Gasteiger partial charge in [-0.2, -0.15) is 5.26 Å². The monoisotopic (exact) mass is 387 g/mol. The Morgan fingerprint density at radius 1 is 1.00 bits per heavy atom. The number of benzene rings is 1. The Hall–Kier alpha value is -3.67. The van der Waals surface area contributed by atoms with E-state index in [1.54, 1.807) is 30.5 Å². The molecule has 0 saturated carbocycles. The molecule has 3 aromatic heterocycles. The minimum Gasteiger partial charge on any atom is -0.263 e. The van der Waals surface area contributed by atoms with Gasteiger partial charge >= 0.3 is 0 Å². The third kappa shape index (κ3) is 3.32. The van der Waals surface area contributed by atoms with Crippen LogP contribution >= 0.6 is 0 Å². The predicted molar refractivity (Wildman–Crippen MR) is 104 cm³/mol. The van der Waals surface area contributed by atoms with Gasteiger partial charge < -0.3 is 0 Å². The first-order valence-corrected chi connectivity index (χ1v) is 9.75. The summed E-state index contributed by atoms with van der Waals surface area (Å²) >= 11 is 0. The third-order valence-corrected chi connectivity index (χ3v) is 5.10. The molecule has 0 unspecified atom stereocenters. The predicted octanol–water partition coefficient (Wildman–Crippen LogP) is 2.88. The normalized spacial score (nSPS) is 11.3. The van der Waals surface area contributed by atoms with Crippen molar-refractivity contribution in [1.82, 2.24) is 15.0 Å². The molecular formula is C20H13N5O2S. The fourth-order valence-electron chi connectivity index (χ4n) is 2.89. The molecule has 1 aromatic carbocycles. The van der Waals surface area contributed by atoms with E-state index in [4.69, 9.17) is 10.4 Å². The Bertz CT molecular complexity index is 1360. The van der Waals surface area contributed by atoms with Gasteiger partial charge in [-0.1, -0.05) is 12.1 Å². The Kier molecular flexibility index (Phi) is 4.31. The van der Waals surface area contributed by atoms with Crippen molar-refractivity contribution < 1.29 is 8.42 Å². The van der Waals surface area contributed by atoms with Crippen LogP contribution in [0.25, 0.3) is 33.4 Å². The zero-order valence-corrected chi connectivity index (χ0v) is 15.3. The van der Waals surface area contributed by atoms with Gasteiger partial charge in [0, 0.05) is 29.7 Å². The maximum atomic E-state index is 11.6. The summed E-state index contributed by atoms with van der Waals surface area (Å²) in [5.74, 6) is 0. The van der Waals surface area contributed by atoms with Crippen molar-refractivity contribution >= 4 is 21.1 Å². The SMILES string of the molecule is N#Cc1cccc(-c2ccnc3ccc(-c4cncc(S(N)(=O)=O)c4)nc23)c1. The highest BCUT2D eigenvalue weighted by atomic mass is 32.2. The highest BCUT2D eigenvalue weighted by Crippen LogP contribution is 2.29. The number of rotatable bonds is 3. The standard InChI is InChI=1S/C20H13N5O2S/c21-10-13-2-1-3-14(8-13)17-6-7-24-19-5-4-18(25-20(17)19)15-9-16(12-23-11-15)28(22,26)27/h1-9,11-12H,(H2,22,26,27). The molecular weight excluding hydrogens is 374 g/mol. The zero-order chi connectivity index (χ0) is 19.7. The molecule has 4 aromatic rings. The fraction of sp³-hybridized carbons (Fsp3) is 0. The summed E-state index contributed by atoms with van der Waals surface area (Å²) in [4.78, 5) is 12.9. The Morgan fingerprint density at radius 3 is 2.64 bits per heavy atom. The number of aromatic nitrogens is 3. The van der Waals surface area contributed by atoms with Crippen LogP contribution in [-0.4, -0.2) is 23.4 Å². The molecule has 2 N–H and O–H groups in total. The van der Waals surface area contributed by atoms with Crippen LogP contribution in [-0.2, 0) is 10.0 Å². The summed E-state index contributed by atoms with van der Waals surface area (Å²) in [6, 6.07) is 16.2. The van der Waals surface area contributed by atoms with Gasteiger partial charge in [-0.25, -0.2) is 18.5 Å². The molecule has 7 nitrogen and oxygen atoms in total. The Labute approximate surface area is 161 Å². The van der Waals surface area contributed by atoms with E-state index in [0.717, 1.165) is 11.1 Å². The lowest BCUT2D eigenvalue weighted by Gasteiger charge is -2.09. The molecule has 0 atom stereocenters. The summed E-state index contributed by atoms with van der Waals surface area (Å²) in [7, 11) is -3.87. The number of nitrogens with two attached hydrogens (primary N) is 1. The number of primary sulfonamides is 1. The smallest absolute Gasteiger partial charge is 0.239 e. The molecule has 28 heavy (non-hydrogen) atoms. The van der Waals surface area contributed by atoms with Crippen LogP contribution in [0.15, 0.2) is 72.0 Å². The van der Waals surface area contributed by atoms with Crippen LogP contribution in [0.1, 0.15) is 5.56 Å². The van der Waals surface area contributed by atoms with E-state index in [-0.39, 0.29) is 4.90 Å². The lowest BCUT2D eigenvalue weighted by Crippen LogP contribution is -2.12. The van der Waals surface area contributed by atoms with Crippen molar-refractivity contribution in [1.29, 1.82) is 5.26 Å². The largest absolute Gasteiger partial charge is 0.263 e. The highest BCUT2D eigenvalue weighted by Gasteiger charge is 2.12. The van der Waals surface area contributed by atoms with Crippen molar-refractivity contribution in [2.45, 2.75) is 4.90 Å². The molecule has 0 bridgehead atoms. The number of hydrogen-bond donors (Lipinski definition) is 1. The van der Waals surface area contributed by atoms with E-state index in [1.165, 1.54) is 18.5 Å². The summed E-state index contributed by atoms with van der Waals surface area (Å²) in [6.45, 7) is 0. The van der Waals surface area contributed by atoms with E-state index in [9.17, 15) is 8.42 Å². The van der Waals surface area contributed by atoms with Gasteiger partial charge in [-0.3, -0.25) is 9.97 Å². The lowest BCUT2D eigenvalue weighted by molar-refractivity contribution is 0.597. The number of sulfonamides is 1. The first-order chi connectivity index (χ1) is 13.5. The minimum atomic E-state index is -3.87. The molecule has 3 heterocycles. The molecule has 0 aliphatic heterocycles. The van der Waals surface area contributed by atoms with Crippen molar-refractivity contribution in [2.75, 3.05) is 0 Å². The summed E-state index contributed by atoms with van der Waals surface area (Å²) < 4.78 is 23.2. The van der Waals surface area contributed by atoms with Gasteiger partial charge in [-0.15, -0.1) is 0 Å². The van der Waals surface area contributed by atoms with E-state index >= 15 is 0 Å². The molecule has 4 rings (SSSR count). The van der Waals surface area contributed by atoms with Crippen LogP contribution in [0.3, 0.4) is 0 Å². The maximum absolute atomic E-state index is 11.6. The highest BCUT2D eigenvalue weighted by molar-refractivity contribution is 7.89. The number of nitriles is 1. The topological polar surface area (TPSA) is 123 Å². The van der Waals surface area contributed by atoms with Gasteiger partial charge in [0.25, 0.3) is 0 Å². The van der Waals surface area contributed by atoms with E-state index in [0.29, 0.717) is 27.9 Å². The molecule has 136 valence electrons. The first-order valence-electron chi connectivity index (χ1n) is 8.20. The van der Waals surface area contributed by atoms with Gasteiger partial charge in [0.2, 0.25) is 10.0 Å². The second kappa shape index (κ2) is 6.81. The van der Waals surface area contributed by atoms with Crippen LogP contribution in [0.4, 0.5) is 0 Å². The molecule has 0 aliphatic carbocycles. The lowest BCUT2D eigenvalue weighted by atomic mass is 10.0. The number of hydrogen-bond acceptors (Lipinski definition) is 6. The summed E-state index contributed by atoms with van der Waals surface area (Å²) in [5, 5.41) is 14.4. The van der Waals surface area contributed by atoms with Crippen LogP contribution in [0.2, 0.25) is 0 Å². The summed E-state index contributed by atoms with van der Waals surface area (Å²) in [5.41, 5.74) is 4.58. The summed E-state index contributed by atoms with van der Waals surface area (Å²) in [6.07, 6.45) is 4.40. The molecule has 8 heteroatoms. The second-order valence-electron chi connectivity index (χ2n) is 6.07. The number of fused-ring (bicyclic) bond motifs is 1. The van der Waals surface area contributed by atoms with Crippen molar-refractivity contribution in [3.63, 3.8) is 0 Å². The van der Waals surface area contributed by atoms with Crippen molar-refractivity contribution in [3.8, 4) is 28.5 Å². The van der Waals surface area contributed by atoms with Gasteiger partial charge in [0.1, 0.15) is 4.90 Å². The molecule has 0 fully saturated rings. The molecule has 0 amide bonds. The maximum Gasteiger partial charge on any atom is 0.239 e. The molecule has 0 radical (unpaired) electrons. The molecule has 0 saturated heterocycles. The number of nitrogens with zero attached hydrogens (tertiary/aromatic N) is 4. The molecule has 0 aliphatic rings. The average molecular weight is 387 g/mol. The van der Waals surface area contributed by atoms with Crippen LogP contribution < -0.4 is 5.14 Å². The van der Waals surface area contributed by atoms with Gasteiger partial charge in [0.05, 0.1) is 28.4 Å². The average Bonchev–Trinajstić information content (AvgIpc) is 2.72. The van der Waals surface area contributed by atoms with E-state index in [2.05, 4.69) is 21.0 Å². The van der Waals surface area contributed by atoms with E-state index in [1.807, 2.05) is 18.2 Å². The van der Waals surface area contributed by atoms with Crippen molar-refractivity contribution in [3.05, 3.63) is 72.7 Å². The van der Waals surface area contributed by atoms with Gasteiger partial charge in [-0.05, 0) is 42.0 Å². The quantitative estimate of drug-likeness (QED) is 0.577. The number of pyridine rings is 3. The van der Waals surface area contributed by atoms with Crippen LogP contribution in [0.5, 0.6) is 0 Å². The van der Waals surface area contributed by atoms with Gasteiger partial charge in [0.15, 0.2) is 0 Å². The zero-order valence-electron chi connectivity index (χ0n) is 14.4. The minimum absolute atomic E-state index is 0.0833. The molecule has 0 spiro atoms. The third-order valence-electron chi connectivity index (χ3n) is 4.22.